The van der Waals surface area contributed by atoms with Crippen molar-refractivity contribution in [1.29, 1.82) is 5.26 Å². The van der Waals surface area contributed by atoms with Gasteiger partial charge in [0.1, 0.15) is 12.4 Å². The standard InChI is InChI=1S/C18H12ClF3N6O/c1-10(16-25-9-26-28(16)15-3-2-11(7-23)8-24-15)27-17(29)12-4-13(18(20,21)22)6-14(19)5-12/h2-6,8-10H,1H3,(H,27,29)/t10-/m1/s1. The molecule has 0 aliphatic heterocycles. The van der Waals surface area contributed by atoms with Crippen LogP contribution in [0, 0.1) is 11.3 Å². The molecule has 11 heteroatoms. The summed E-state index contributed by atoms with van der Waals surface area (Å²) in [5.74, 6) is -0.0961. The van der Waals surface area contributed by atoms with Gasteiger partial charge in [0.2, 0.25) is 0 Å². The van der Waals surface area contributed by atoms with Crippen LogP contribution in [0.25, 0.3) is 5.82 Å². The van der Waals surface area contributed by atoms with Gasteiger partial charge < -0.3 is 5.32 Å². The van der Waals surface area contributed by atoms with E-state index in [9.17, 15) is 18.0 Å². The zero-order valence-corrected chi connectivity index (χ0v) is 15.5. The van der Waals surface area contributed by atoms with Crippen molar-refractivity contribution < 1.29 is 18.0 Å². The molecule has 1 atom stereocenters. The number of nitrogens with zero attached hydrogens (tertiary/aromatic N) is 5. The molecule has 1 amide bonds. The van der Waals surface area contributed by atoms with Crippen molar-refractivity contribution in [3.63, 3.8) is 0 Å². The lowest BCUT2D eigenvalue weighted by molar-refractivity contribution is -0.137. The van der Waals surface area contributed by atoms with Gasteiger partial charge in [0.05, 0.1) is 17.2 Å². The summed E-state index contributed by atoms with van der Waals surface area (Å²) < 4.78 is 40.2. The average molecular weight is 421 g/mol. The minimum atomic E-state index is -4.63. The lowest BCUT2D eigenvalue weighted by atomic mass is 10.1. The third-order valence-corrected chi connectivity index (χ3v) is 4.11. The van der Waals surface area contributed by atoms with Gasteiger partial charge in [-0.15, -0.1) is 0 Å². The van der Waals surface area contributed by atoms with E-state index in [4.69, 9.17) is 16.9 Å². The molecule has 2 heterocycles. The Morgan fingerprint density at radius 2 is 2.03 bits per heavy atom. The van der Waals surface area contributed by atoms with Gasteiger partial charge in [-0.05, 0) is 37.3 Å². The number of rotatable bonds is 4. The highest BCUT2D eigenvalue weighted by molar-refractivity contribution is 6.31. The lowest BCUT2D eigenvalue weighted by Gasteiger charge is -2.15. The Hall–Kier alpha value is -3.45. The molecule has 3 aromatic rings. The van der Waals surface area contributed by atoms with E-state index in [1.807, 2.05) is 6.07 Å². The first-order valence-electron chi connectivity index (χ1n) is 8.14. The maximum Gasteiger partial charge on any atom is 0.416 e. The van der Waals surface area contributed by atoms with E-state index in [0.717, 1.165) is 18.2 Å². The number of amides is 1. The zero-order valence-electron chi connectivity index (χ0n) is 14.8. The molecule has 0 radical (unpaired) electrons. The van der Waals surface area contributed by atoms with Crippen LogP contribution < -0.4 is 5.32 Å². The predicted molar refractivity (Wildman–Crippen MR) is 96.2 cm³/mol. The van der Waals surface area contributed by atoms with Crippen LogP contribution in [0.2, 0.25) is 5.02 Å². The summed E-state index contributed by atoms with van der Waals surface area (Å²) in [5, 5.41) is 15.3. The van der Waals surface area contributed by atoms with Gasteiger partial charge in [0, 0.05) is 16.8 Å². The fourth-order valence-corrected chi connectivity index (χ4v) is 2.76. The molecule has 1 N–H and O–H groups in total. The van der Waals surface area contributed by atoms with Crippen molar-refractivity contribution in [2.75, 3.05) is 0 Å². The topological polar surface area (TPSA) is 96.5 Å². The van der Waals surface area contributed by atoms with Crippen molar-refractivity contribution in [2.24, 2.45) is 0 Å². The molecule has 7 nitrogen and oxygen atoms in total. The fourth-order valence-electron chi connectivity index (χ4n) is 2.53. The van der Waals surface area contributed by atoms with Gasteiger partial charge in [-0.2, -0.15) is 28.2 Å². The predicted octanol–water partition coefficient (Wildman–Crippen LogP) is 3.70. The SMILES string of the molecule is C[C@@H](NC(=O)c1cc(Cl)cc(C(F)(F)F)c1)c1ncnn1-c1ccc(C#N)cn1. The summed E-state index contributed by atoms with van der Waals surface area (Å²) in [4.78, 5) is 20.7. The second-order valence-electron chi connectivity index (χ2n) is 5.97. The summed E-state index contributed by atoms with van der Waals surface area (Å²) in [5.41, 5.74) is -0.898. The number of benzene rings is 1. The number of nitrogens with one attached hydrogen (secondary N) is 1. The van der Waals surface area contributed by atoms with Crippen LogP contribution in [0.15, 0.2) is 42.9 Å². The molecular weight excluding hydrogens is 409 g/mol. The Labute approximate surface area is 167 Å². The summed E-state index contributed by atoms with van der Waals surface area (Å²) in [6.45, 7) is 1.59. The molecule has 0 bridgehead atoms. The van der Waals surface area contributed by atoms with Crippen LogP contribution in [-0.2, 0) is 6.18 Å². The highest BCUT2D eigenvalue weighted by Crippen LogP contribution is 2.32. The minimum Gasteiger partial charge on any atom is -0.342 e. The molecule has 0 saturated heterocycles. The maximum absolute atomic E-state index is 13.0. The van der Waals surface area contributed by atoms with Crippen molar-refractivity contribution in [1.82, 2.24) is 25.1 Å². The largest absolute Gasteiger partial charge is 0.416 e. The monoisotopic (exact) mass is 420 g/mol. The molecule has 148 valence electrons. The normalized spacial score (nSPS) is 12.3. The van der Waals surface area contributed by atoms with Crippen LogP contribution >= 0.6 is 11.6 Å². The van der Waals surface area contributed by atoms with Crippen LogP contribution in [0.3, 0.4) is 0 Å². The van der Waals surface area contributed by atoms with Gasteiger partial charge in [0.15, 0.2) is 11.6 Å². The van der Waals surface area contributed by atoms with E-state index in [-0.39, 0.29) is 10.6 Å². The number of hydrogen-bond acceptors (Lipinski definition) is 5. The number of hydrogen-bond donors (Lipinski definition) is 1. The van der Waals surface area contributed by atoms with Crippen LogP contribution in [0.4, 0.5) is 13.2 Å². The zero-order chi connectivity index (χ0) is 21.2. The number of aromatic nitrogens is 4. The van der Waals surface area contributed by atoms with Crippen LogP contribution in [0.5, 0.6) is 0 Å². The molecule has 0 fully saturated rings. The third kappa shape index (κ3) is 4.52. The molecule has 0 unspecified atom stereocenters. The molecule has 0 aliphatic rings. The molecule has 1 aromatic carbocycles. The van der Waals surface area contributed by atoms with Gasteiger partial charge in [0.25, 0.3) is 5.91 Å². The highest BCUT2D eigenvalue weighted by Gasteiger charge is 2.32. The second-order valence-corrected chi connectivity index (χ2v) is 6.40. The first-order chi connectivity index (χ1) is 13.7. The number of halogens is 4. The average Bonchev–Trinajstić information content (AvgIpc) is 3.17. The van der Waals surface area contributed by atoms with E-state index in [1.54, 1.807) is 19.1 Å². The number of carbonyl (C=O) groups excluding carboxylic acids is 1. The summed E-state index contributed by atoms with van der Waals surface area (Å²) in [7, 11) is 0. The van der Waals surface area contributed by atoms with Gasteiger partial charge in [-0.25, -0.2) is 9.97 Å². The number of carbonyl (C=O) groups is 1. The minimum absolute atomic E-state index is 0.206. The Morgan fingerprint density at radius 1 is 1.28 bits per heavy atom. The van der Waals surface area contributed by atoms with Crippen LogP contribution in [-0.4, -0.2) is 25.7 Å². The smallest absolute Gasteiger partial charge is 0.342 e. The third-order valence-electron chi connectivity index (χ3n) is 3.89. The summed E-state index contributed by atoms with van der Waals surface area (Å²) in [6, 6.07) is 6.94. The Bertz CT molecular complexity index is 1090. The highest BCUT2D eigenvalue weighted by atomic mass is 35.5. The quantitative estimate of drug-likeness (QED) is 0.694. The maximum atomic E-state index is 13.0. The Kier molecular flexibility index (Phi) is 5.52. The number of alkyl halides is 3. The number of nitriles is 1. The molecule has 2 aromatic heterocycles. The van der Waals surface area contributed by atoms with Crippen molar-refractivity contribution in [3.05, 3.63) is 70.4 Å². The molecule has 3 rings (SSSR count). The van der Waals surface area contributed by atoms with Gasteiger partial charge >= 0.3 is 6.18 Å². The van der Waals surface area contributed by atoms with E-state index < -0.39 is 23.7 Å². The van der Waals surface area contributed by atoms with Crippen molar-refractivity contribution in [3.8, 4) is 11.9 Å². The van der Waals surface area contributed by atoms with Crippen molar-refractivity contribution in [2.45, 2.75) is 19.1 Å². The molecule has 29 heavy (non-hydrogen) atoms. The van der Waals surface area contributed by atoms with E-state index in [1.165, 1.54) is 17.2 Å². The molecule has 0 aliphatic carbocycles. The van der Waals surface area contributed by atoms with Gasteiger partial charge in [-0.1, -0.05) is 11.6 Å². The van der Waals surface area contributed by atoms with Gasteiger partial charge in [-0.3, -0.25) is 4.79 Å². The first kappa shape index (κ1) is 20.3. The molecular formula is C18H12ClF3N6O. The second kappa shape index (κ2) is 7.89. The van der Waals surface area contributed by atoms with Crippen LogP contribution in [0.1, 0.15) is 40.3 Å². The summed E-state index contributed by atoms with van der Waals surface area (Å²) in [6.07, 6.45) is -2.03. The first-order valence-corrected chi connectivity index (χ1v) is 8.52. The molecule has 0 saturated carbocycles. The summed E-state index contributed by atoms with van der Waals surface area (Å²) >= 11 is 5.73. The van der Waals surface area contributed by atoms with Crippen molar-refractivity contribution >= 4 is 17.5 Å². The van der Waals surface area contributed by atoms with E-state index in [2.05, 4.69) is 20.4 Å². The van der Waals surface area contributed by atoms with E-state index >= 15 is 0 Å². The Balaban J connectivity index is 1.84. The number of pyridine rings is 1. The Morgan fingerprint density at radius 3 is 2.66 bits per heavy atom. The van der Waals surface area contributed by atoms with E-state index in [0.29, 0.717) is 17.2 Å². The molecule has 0 spiro atoms. The fraction of sp³-hybridized carbons (Fsp3) is 0.167. The lowest BCUT2D eigenvalue weighted by Crippen LogP contribution is -2.29.